The molecule has 0 aliphatic carbocycles. The van der Waals surface area contributed by atoms with Crippen LogP contribution in [0.2, 0.25) is 0 Å². The number of nitrogens with zero attached hydrogens (tertiary/aromatic N) is 1. The number of ether oxygens (including phenoxy) is 1. The number of H-pyrrole nitrogens is 1. The minimum atomic E-state index is -0.303. The lowest BCUT2D eigenvalue weighted by atomic mass is 9.95. The molecule has 0 bridgehead atoms. The third-order valence-electron chi connectivity index (χ3n) is 4.12. The number of carbonyl (C=O) groups excluding carboxylic acids is 1. The minimum Gasteiger partial charge on any atom is -0.394 e. The van der Waals surface area contributed by atoms with Crippen molar-refractivity contribution in [2.45, 2.75) is 11.3 Å². The SMILES string of the molecule is CSc1ccc(Cc2c(C(=O)COCCO)ccc3cn[nH]c23)c(F)c1. The molecular formula is C19H19FN2O3S. The van der Waals surface area contributed by atoms with Crippen LogP contribution in [0.4, 0.5) is 4.39 Å². The fourth-order valence-electron chi connectivity index (χ4n) is 2.81. The van der Waals surface area contributed by atoms with Crippen LogP contribution in [0.3, 0.4) is 0 Å². The summed E-state index contributed by atoms with van der Waals surface area (Å²) in [6.45, 7) is -0.189. The molecular weight excluding hydrogens is 355 g/mol. The first kappa shape index (κ1) is 18.6. The number of hydrogen-bond donors (Lipinski definition) is 2. The third kappa shape index (κ3) is 3.95. The molecule has 0 saturated carbocycles. The molecule has 0 aliphatic rings. The zero-order valence-electron chi connectivity index (χ0n) is 14.3. The summed E-state index contributed by atoms with van der Waals surface area (Å²) < 4.78 is 19.6. The van der Waals surface area contributed by atoms with Gasteiger partial charge in [0, 0.05) is 22.3 Å². The summed E-state index contributed by atoms with van der Waals surface area (Å²) in [5, 5.41) is 16.6. The monoisotopic (exact) mass is 374 g/mol. The number of aromatic nitrogens is 2. The van der Waals surface area contributed by atoms with Gasteiger partial charge < -0.3 is 9.84 Å². The number of aliphatic hydroxyl groups is 1. The van der Waals surface area contributed by atoms with Gasteiger partial charge in [-0.15, -0.1) is 11.8 Å². The molecule has 0 fully saturated rings. The number of ketones is 1. The molecule has 136 valence electrons. The smallest absolute Gasteiger partial charge is 0.188 e. The van der Waals surface area contributed by atoms with Crippen LogP contribution in [0.5, 0.6) is 0 Å². The number of Topliss-reactive ketones (excluding diaryl/α,β-unsaturated/α-hetero) is 1. The van der Waals surface area contributed by atoms with Crippen molar-refractivity contribution in [3.63, 3.8) is 0 Å². The number of rotatable bonds is 8. The number of benzene rings is 2. The zero-order chi connectivity index (χ0) is 18.5. The van der Waals surface area contributed by atoms with E-state index in [1.165, 1.54) is 17.8 Å². The van der Waals surface area contributed by atoms with Crippen molar-refractivity contribution in [1.29, 1.82) is 0 Å². The van der Waals surface area contributed by atoms with Gasteiger partial charge in [0.2, 0.25) is 0 Å². The number of hydrogen-bond acceptors (Lipinski definition) is 5. The molecule has 0 unspecified atom stereocenters. The van der Waals surface area contributed by atoms with E-state index in [2.05, 4.69) is 10.2 Å². The first-order chi connectivity index (χ1) is 12.6. The fourth-order valence-corrected chi connectivity index (χ4v) is 3.24. The van der Waals surface area contributed by atoms with Crippen LogP contribution in [0.25, 0.3) is 10.9 Å². The van der Waals surface area contributed by atoms with Crippen LogP contribution < -0.4 is 0 Å². The van der Waals surface area contributed by atoms with Crippen LogP contribution in [0, 0.1) is 5.82 Å². The van der Waals surface area contributed by atoms with Gasteiger partial charge in [0.25, 0.3) is 0 Å². The second-order valence-electron chi connectivity index (χ2n) is 5.76. The van der Waals surface area contributed by atoms with Gasteiger partial charge in [-0.3, -0.25) is 9.89 Å². The summed E-state index contributed by atoms with van der Waals surface area (Å²) in [4.78, 5) is 13.4. The van der Waals surface area contributed by atoms with Gasteiger partial charge in [-0.05, 0) is 29.5 Å². The maximum absolute atomic E-state index is 14.5. The van der Waals surface area contributed by atoms with Gasteiger partial charge >= 0.3 is 0 Å². The highest BCUT2D eigenvalue weighted by molar-refractivity contribution is 7.98. The number of thioether (sulfide) groups is 1. The Hall–Kier alpha value is -2.22. The van der Waals surface area contributed by atoms with E-state index >= 15 is 0 Å². The molecule has 0 atom stereocenters. The molecule has 0 aliphatic heterocycles. The normalized spacial score (nSPS) is 11.2. The van der Waals surface area contributed by atoms with Crippen LogP contribution in [0.1, 0.15) is 21.5 Å². The molecule has 7 heteroatoms. The molecule has 2 N–H and O–H groups in total. The Bertz CT molecular complexity index is 926. The molecule has 3 rings (SSSR count). The minimum absolute atomic E-state index is 0.0954. The number of halogens is 1. The van der Waals surface area contributed by atoms with E-state index in [1.807, 2.05) is 12.3 Å². The molecule has 0 radical (unpaired) electrons. The topological polar surface area (TPSA) is 75.2 Å². The lowest BCUT2D eigenvalue weighted by Crippen LogP contribution is -2.14. The van der Waals surface area contributed by atoms with Crippen LogP contribution in [-0.4, -0.2) is 47.2 Å². The summed E-state index contributed by atoms with van der Waals surface area (Å²) in [7, 11) is 0. The van der Waals surface area contributed by atoms with E-state index < -0.39 is 0 Å². The first-order valence-corrected chi connectivity index (χ1v) is 9.35. The zero-order valence-corrected chi connectivity index (χ0v) is 15.1. The Kier molecular flexibility index (Phi) is 6.03. The van der Waals surface area contributed by atoms with Gasteiger partial charge in [0.05, 0.1) is 24.9 Å². The Morgan fingerprint density at radius 2 is 2.19 bits per heavy atom. The summed E-state index contributed by atoms with van der Waals surface area (Å²) in [5.74, 6) is -0.519. The molecule has 0 saturated heterocycles. The lowest BCUT2D eigenvalue weighted by Gasteiger charge is -2.12. The van der Waals surface area contributed by atoms with Gasteiger partial charge in [-0.1, -0.05) is 18.2 Å². The van der Waals surface area contributed by atoms with Crippen molar-refractivity contribution in [3.8, 4) is 0 Å². The predicted octanol–water partition coefficient (Wildman–Crippen LogP) is 3.21. The molecule has 2 aromatic carbocycles. The number of aliphatic hydroxyl groups excluding tert-OH is 1. The van der Waals surface area contributed by atoms with Gasteiger partial charge in [-0.2, -0.15) is 5.10 Å². The van der Waals surface area contributed by atoms with E-state index in [0.717, 1.165) is 10.3 Å². The summed E-state index contributed by atoms with van der Waals surface area (Å²) >= 11 is 1.47. The van der Waals surface area contributed by atoms with E-state index in [4.69, 9.17) is 9.84 Å². The highest BCUT2D eigenvalue weighted by atomic mass is 32.2. The number of carbonyl (C=O) groups is 1. The average molecular weight is 374 g/mol. The standard InChI is InChI=1S/C19H19FN2O3S/c1-26-14-4-2-12(17(20)9-14)8-16-15(18(24)11-25-7-6-23)5-3-13-10-21-22-19(13)16/h2-5,9-10,23H,6-8,11H2,1H3,(H,21,22). The Morgan fingerprint density at radius 1 is 1.35 bits per heavy atom. The maximum atomic E-state index is 14.5. The first-order valence-electron chi connectivity index (χ1n) is 8.13. The van der Waals surface area contributed by atoms with Crippen molar-refractivity contribution < 1.29 is 19.0 Å². The molecule has 26 heavy (non-hydrogen) atoms. The van der Waals surface area contributed by atoms with E-state index in [-0.39, 0.29) is 37.8 Å². The van der Waals surface area contributed by atoms with Crippen LogP contribution >= 0.6 is 11.8 Å². The molecule has 1 heterocycles. The van der Waals surface area contributed by atoms with Crippen molar-refractivity contribution in [2.75, 3.05) is 26.1 Å². The van der Waals surface area contributed by atoms with Crippen molar-refractivity contribution in [2.24, 2.45) is 0 Å². The lowest BCUT2D eigenvalue weighted by molar-refractivity contribution is 0.0663. The molecule has 3 aromatic rings. The summed E-state index contributed by atoms with van der Waals surface area (Å²) in [6.07, 6.45) is 3.83. The van der Waals surface area contributed by atoms with Crippen LogP contribution in [-0.2, 0) is 11.2 Å². The quantitative estimate of drug-likeness (QED) is 0.360. The Balaban J connectivity index is 1.98. The maximum Gasteiger partial charge on any atom is 0.188 e. The van der Waals surface area contributed by atoms with Crippen LogP contribution in [0.15, 0.2) is 41.4 Å². The van der Waals surface area contributed by atoms with Crippen molar-refractivity contribution in [1.82, 2.24) is 10.2 Å². The molecule has 0 spiro atoms. The molecule has 0 amide bonds. The summed E-state index contributed by atoms with van der Waals surface area (Å²) in [6, 6.07) is 8.62. The molecule has 1 aromatic heterocycles. The predicted molar refractivity (Wildman–Crippen MR) is 99.3 cm³/mol. The summed E-state index contributed by atoms with van der Waals surface area (Å²) in [5.41, 5.74) is 2.38. The highest BCUT2D eigenvalue weighted by Gasteiger charge is 2.17. The number of aromatic amines is 1. The second kappa shape index (κ2) is 8.44. The van der Waals surface area contributed by atoms with Crippen molar-refractivity contribution in [3.05, 3.63) is 59.0 Å². The largest absolute Gasteiger partial charge is 0.394 e. The number of nitrogens with one attached hydrogen (secondary N) is 1. The average Bonchev–Trinajstić information content (AvgIpc) is 3.12. The Morgan fingerprint density at radius 3 is 2.92 bits per heavy atom. The van der Waals surface area contributed by atoms with Gasteiger partial charge in [-0.25, -0.2) is 4.39 Å². The van der Waals surface area contributed by atoms with E-state index in [9.17, 15) is 9.18 Å². The molecule has 5 nitrogen and oxygen atoms in total. The van der Waals surface area contributed by atoms with E-state index in [0.29, 0.717) is 22.2 Å². The van der Waals surface area contributed by atoms with E-state index in [1.54, 1.807) is 24.4 Å². The van der Waals surface area contributed by atoms with Gasteiger partial charge in [0.1, 0.15) is 12.4 Å². The number of fused-ring (bicyclic) bond motifs is 1. The second-order valence-corrected chi connectivity index (χ2v) is 6.64. The van der Waals surface area contributed by atoms with Crippen molar-refractivity contribution >= 4 is 28.4 Å². The third-order valence-corrected chi connectivity index (χ3v) is 4.85. The van der Waals surface area contributed by atoms with Gasteiger partial charge in [0.15, 0.2) is 5.78 Å². The highest BCUT2D eigenvalue weighted by Crippen LogP contribution is 2.26. The fraction of sp³-hybridized carbons (Fsp3) is 0.263. The Labute approximate surface area is 154 Å².